The van der Waals surface area contributed by atoms with Gasteiger partial charge >= 0.3 is 0 Å². The van der Waals surface area contributed by atoms with E-state index < -0.39 is 10.0 Å². The molecule has 1 aromatic carbocycles. The fourth-order valence-corrected chi connectivity index (χ4v) is 5.27. The maximum absolute atomic E-state index is 12.7. The summed E-state index contributed by atoms with van der Waals surface area (Å²) in [4.78, 5) is 19.3. The molecule has 2 aromatic rings. The van der Waals surface area contributed by atoms with E-state index in [0.717, 1.165) is 56.9 Å². The number of likely N-dealkylation sites (tertiary alicyclic amines) is 1. The first-order valence-corrected chi connectivity index (χ1v) is 11.8. The third-order valence-corrected chi connectivity index (χ3v) is 7.27. The number of methoxy groups -OCH3 is 1. The number of rotatable bonds is 7. The van der Waals surface area contributed by atoms with Crippen LogP contribution in [0.4, 0.5) is 5.69 Å². The number of ether oxygens (including phenoxy) is 1. The SMILES string of the molecule is COc1ccccc1N1CCC(CNS(=O)(=O)c2c[nH]c(C(=O)N3CCCC3)c2)C1. The summed E-state index contributed by atoms with van der Waals surface area (Å²) in [5.41, 5.74) is 1.35. The molecule has 4 rings (SSSR count). The van der Waals surface area contributed by atoms with Crippen LogP contribution in [0.1, 0.15) is 29.8 Å². The largest absolute Gasteiger partial charge is 0.495 e. The molecule has 30 heavy (non-hydrogen) atoms. The van der Waals surface area contributed by atoms with Crippen LogP contribution in [-0.2, 0) is 10.0 Å². The minimum Gasteiger partial charge on any atom is -0.495 e. The van der Waals surface area contributed by atoms with Crippen LogP contribution in [0.2, 0.25) is 0 Å². The smallest absolute Gasteiger partial charge is 0.270 e. The van der Waals surface area contributed by atoms with Crippen molar-refractivity contribution in [2.75, 3.05) is 44.7 Å². The van der Waals surface area contributed by atoms with Crippen molar-refractivity contribution in [2.24, 2.45) is 5.92 Å². The maximum Gasteiger partial charge on any atom is 0.270 e. The van der Waals surface area contributed by atoms with E-state index in [9.17, 15) is 13.2 Å². The van der Waals surface area contributed by atoms with E-state index in [-0.39, 0.29) is 16.7 Å². The zero-order valence-electron chi connectivity index (χ0n) is 17.1. The molecule has 2 fully saturated rings. The molecule has 162 valence electrons. The average Bonchev–Trinajstić information content (AvgIpc) is 3.53. The number of H-pyrrole nitrogens is 1. The van der Waals surface area contributed by atoms with Crippen molar-refractivity contribution in [2.45, 2.75) is 24.2 Å². The molecule has 2 saturated heterocycles. The first kappa shape index (κ1) is 20.7. The number of nitrogens with zero attached hydrogens (tertiary/aromatic N) is 2. The Hall–Kier alpha value is -2.52. The van der Waals surface area contributed by atoms with E-state index in [2.05, 4.69) is 14.6 Å². The molecule has 9 heteroatoms. The Morgan fingerprint density at radius 2 is 2.00 bits per heavy atom. The van der Waals surface area contributed by atoms with Gasteiger partial charge in [0.25, 0.3) is 5.91 Å². The van der Waals surface area contributed by atoms with Gasteiger partial charge in [0.05, 0.1) is 12.8 Å². The van der Waals surface area contributed by atoms with Crippen LogP contribution >= 0.6 is 0 Å². The summed E-state index contributed by atoms with van der Waals surface area (Å²) in [6.45, 7) is 3.42. The van der Waals surface area contributed by atoms with Gasteiger partial charge < -0.3 is 19.5 Å². The monoisotopic (exact) mass is 432 g/mol. The number of carbonyl (C=O) groups is 1. The highest BCUT2D eigenvalue weighted by Gasteiger charge is 2.27. The molecule has 1 amide bonds. The van der Waals surface area contributed by atoms with E-state index in [4.69, 9.17) is 4.74 Å². The van der Waals surface area contributed by atoms with Gasteiger partial charge in [-0.3, -0.25) is 4.79 Å². The van der Waals surface area contributed by atoms with Crippen LogP contribution in [0.3, 0.4) is 0 Å². The number of aromatic nitrogens is 1. The number of anilines is 1. The summed E-state index contributed by atoms with van der Waals surface area (Å²) in [7, 11) is -2.02. The Kier molecular flexibility index (Phi) is 6.01. The number of hydrogen-bond acceptors (Lipinski definition) is 5. The van der Waals surface area contributed by atoms with E-state index in [1.54, 1.807) is 12.0 Å². The Morgan fingerprint density at radius 3 is 2.77 bits per heavy atom. The number of para-hydroxylation sites is 2. The molecular formula is C21H28N4O4S. The number of sulfonamides is 1. The van der Waals surface area contributed by atoms with Crippen molar-refractivity contribution in [3.8, 4) is 5.75 Å². The number of nitrogens with one attached hydrogen (secondary N) is 2. The Morgan fingerprint density at radius 1 is 1.23 bits per heavy atom. The molecule has 3 heterocycles. The summed E-state index contributed by atoms with van der Waals surface area (Å²) in [6.07, 6.45) is 4.27. The summed E-state index contributed by atoms with van der Waals surface area (Å²) < 4.78 is 33.6. The number of hydrogen-bond donors (Lipinski definition) is 2. The first-order valence-electron chi connectivity index (χ1n) is 10.3. The van der Waals surface area contributed by atoms with Crippen LogP contribution < -0.4 is 14.4 Å². The van der Waals surface area contributed by atoms with Gasteiger partial charge in [-0.05, 0) is 43.4 Å². The Bertz CT molecular complexity index is 998. The molecule has 1 atom stereocenters. The second kappa shape index (κ2) is 8.69. The van der Waals surface area contributed by atoms with Crippen molar-refractivity contribution in [3.63, 3.8) is 0 Å². The Labute approximate surface area is 177 Å². The molecule has 8 nitrogen and oxygen atoms in total. The predicted molar refractivity (Wildman–Crippen MR) is 114 cm³/mol. The molecule has 2 aliphatic rings. The average molecular weight is 433 g/mol. The van der Waals surface area contributed by atoms with Gasteiger partial charge in [-0.1, -0.05) is 12.1 Å². The maximum atomic E-state index is 12.7. The Balaban J connectivity index is 1.35. The lowest BCUT2D eigenvalue weighted by atomic mass is 10.1. The number of carbonyl (C=O) groups excluding carboxylic acids is 1. The van der Waals surface area contributed by atoms with Gasteiger partial charge in [0.15, 0.2) is 0 Å². The van der Waals surface area contributed by atoms with Crippen molar-refractivity contribution in [1.29, 1.82) is 0 Å². The van der Waals surface area contributed by atoms with Crippen LogP contribution in [0.15, 0.2) is 41.4 Å². The fourth-order valence-electron chi connectivity index (χ4n) is 4.16. The third-order valence-electron chi connectivity index (χ3n) is 5.86. The standard InChI is InChI=1S/C21H28N4O4S/c1-29-20-7-3-2-6-19(20)25-11-8-16(15-25)13-23-30(27,28)17-12-18(22-14-17)21(26)24-9-4-5-10-24/h2-3,6-7,12,14,16,22-23H,4-5,8-11,13,15H2,1H3. The van der Waals surface area contributed by atoms with Gasteiger partial charge in [0.1, 0.15) is 16.3 Å². The number of aromatic amines is 1. The highest BCUT2D eigenvalue weighted by molar-refractivity contribution is 7.89. The van der Waals surface area contributed by atoms with Crippen LogP contribution in [0, 0.1) is 5.92 Å². The third kappa shape index (κ3) is 4.32. The van der Waals surface area contributed by atoms with Gasteiger partial charge in [0, 0.05) is 38.9 Å². The van der Waals surface area contributed by atoms with E-state index >= 15 is 0 Å². The zero-order valence-corrected chi connectivity index (χ0v) is 18.0. The molecule has 0 spiro atoms. The lowest BCUT2D eigenvalue weighted by Crippen LogP contribution is -2.31. The minimum absolute atomic E-state index is 0.102. The molecule has 2 aliphatic heterocycles. The predicted octanol–water partition coefficient (Wildman–Crippen LogP) is 2.06. The minimum atomic E-state index is -3.67. The second-order valence-electron chi connectivity index (χ2n) is 7.87. The quantitative estimate of drug-likeness (QED) is 0.698. The van der Waals surface area contributed by atoms with Crippen LogP contribution in [-0.4, -0.2) is 64.0 Å². The first-order chi connectivity index (χ1) is 14.5. The van der Waals surface area contributed by atoms with Gasteiger partial charge in [-0.25, -0.2) is 13.1 Å². The van der Waals surface area contributed by atoms with Crippen molar-refractivity contribution in [3.05, 3.63) is 42.2 Å². The summed E-state index contributed by atoms with van der Waals surface area (Å²) in [5.74, 6) is 0.882. The molecule has 2 N–H and O–H groups in total. The molecule has 0 saturated carbocycles. The molecule has 0 aliphatic carbocycles. The van der Waals surface area contributed by atoms with E-state index in [1.807, 2.05) is 24.3 Å². The van der Waals surface area contributed by atoms with Gasteiger partial charge in [-0.15, -0.1) is 0 Å². The van der Waals surface area contributed by atoms with Crippen molar-refractivity contribution < 1.29 is 17.9 Å². The molecule has 1 aromatic heterocycles. The fraction of sp³-hybridized carbons (Fsp3) is 0.476. The van der Waals surface area contributed by atoms with E-state index in [1.165, 1.54) is 12.3 Å². The highest BCUT2D eigenvalue weighted by atomic mass is 32.2. The lowest BCUT2D eigenvalue weighted by molar-refractivity contribution is 0.0787. The molecule has 0 radical (unpaired) electrons. The summed E-state index contributed by atoms with van der Waals surface area (Å²) in [6, 6.07) is 9.28. The highest BCUT2D eigenvalue weighted by Crippen LogP contribution is 2.31. The topological polar surface area (TPSA) is 94.7 Å². The molecular weight excluding hydrogens is 404 g/mol. The second-order valence-corrected chi connectivity index (χ2v) is 9.64. The molecule has 0 bridgehead atoms. The number of benzene rings is 1. The van der Waals surface area contributed by atoms with Gasteiger partial charge in [0.2, 0.25) is 10.0 Å². The van der Waals surface area contributed by atoms with Crippen molar-refractivity contribution in [1.82, 2.24) is 14.6 Å². The zero-order chi connectivity index (χ0) is 21.1. The van der Waals surface area contributed by atoms with Crippen LogP contribution in [0.25, 0.3) is 0 Å². The lowest BCUT2D eigenvalue weighted by Gasteiger charge is -2.21. The van der Waals surface area contributed by atoms with Crippen LogP contribution in [0.5, 0.6) is 5.75 Å². The van der Waals surface area contributed by atoms with E-state index in [0.29, 0.717) is 12.2 Å². The van der Waals surface area contributed by atoms with Gasteiger partial charge in [-0.2, -0.15) is 0 Å². The summed E-state index contributed by atoms with van der Waals surface area (Å²) >= 11 is 0. The summed E-state index contributed by atoms with van der Waals surface area (Å²) in [5, 5.41) is 0. The molecule has 1 unspecified atom stereocenters. The normalized spacial score (nSPS) is 19.4. The number of amides is 1. The van der Waals surface area contributed by atoms with Crippen molar-refractivity contribution >= 4 is 21.6 Å².